The van der Waals surface area contributed by atoms with Gasteiger partial charge < -0.3 is 5.73 Å². The molecule has 0 aliphatic carbocycles. The first kappa shape index (κ1) is 22.1. The van der Waals surface area contributed by atoms with Crippen LogP contribution in [0.25, 0.3) is 0 Å². The van der Waals surface area contributed by atoms with E-state index in [1.807, 2.05) is 0 Å². The summed E-state index contributed by atoms with van der Waals surface area (Å²) in [4.78, 5) is 0. The topological polar surface area (TPSA) is 26.0 Å². The van der Waals surface area contributed by atoms with Gasteiger partial charge in [0.2, 0.25) is 0 Å². The highest BCUT2D eigenvalue weighted by Crippen LogP contribution is 2.32. The van der Waals surface area contributed by atoms with Gasteiger partial charge in [0.1, 0.15) is 0 Å². The second kappa shape index (κ2) is 15.3. The van der Waals surface area contributed by atoms with Crippen molar-refractivity contribution in [3.05, 3.63) is 29.8 Å². The molecule has 144 valence electrons. The Labute approximate surface area is 157 Å². The van der Waals surface area contributed by atoms with Gasteiger partial charge in [0.05, 0.1) is 0 Å². The van der Waals surface area contributed by atoms with Crippen LogP contribution in [-0.4, -0.2) is 0 Å². The van der Waals surface area contributed by atoms with Gasteiger partial charge in [0, 0.05) is 5.69 Å². The molecule has 0 aliphatic rings. The van der Waals surface area contributed by atoms with Crippen molar-refractivity contribution in [2.75, 3.05) is 5.73 Å². The summed E-state index contributed by atoms with van der Waals surface area (Å²) in [5, 5.41) is 0. The normalized spacial score (nSPS) is 12.4. The molecular formula is C24H43N. The molecule has 1 nitrogen and oxygen atoms in total. The van der Waals surface area contributed by atoms with Crippen LogP contribution in [0.3, 0.4) is 0 Å². The molecule has 0 aliphatic heterocycles. The van der Waals surface area contributed by atoms with Gasteiger partial charge in [-0.1, -0.05) is 116 Å². The zero-order valence-corrected chi connectivity index (χ0v) is 17.1. The van der Waals surface area contributed by atoms with Crippen molar-refractivity contribution in [3.8, 4) is 0 Å². The first-order chi connectivity index (χ1) is 12.3. The van der Waals surface area contributed by atoms with E-state index in [1.54, 1.807) is 0 Å². The molecule has 0 amide bonds. The third-order valence-electron chi connectivity index (χ3n) is 5.50. The van der Waals surface area contributed by atoms with Crippen molar-refractivity contribution in [2.45, 2.75) is 116 Å². The van der Waals surface area contributed by atoms with E-state index >= 15 is 0 Å². The van der Waals surface area contributed by atoms with Crippen LogP contribution >= 0.6 is 0 Å². The Morgan fingerprint density at radius 3 is 1.64 bits per heavy atom. The van der Waals surface area contributed by atoms with Gasteiger partial charge in [0.15, 0.2) is 0 Å². The number of para-hydroxylation sites is 1. The van der Waals surface area contributed by atoms with Gasteiger partial charge in [-0.15, -0.1) is 0 Å². The van der Waals surface area contributed by atoms with Crippen LogP contribution in [0, 0.1) is 0 Å². The molecule has 1 unspecified atom stereocenters. The van der Waals surface area contributed by atoms with E-state index in [2.05, 4.69) is 38.1 Å². The van der Waals surface area contributed by atoms with Crippen LogP contribution in [-0.2, 0) is 0 Å². The fraction of sp³-hybridized carbons (Fsp3) is 0.750. The van der Waals surface area contributed by atoms with Crippen LogP contribution in [0.15, 0.2) is 24.3 Å². The molecule has 1 heteroatoms. The molecule has 25 heavy (non-hydrogen) atoms. The number of anilines is 1. The largest absolute Gasteiger partial charge is 0.398 e. The van der Waals surface area contributed by atoms with Crippen molar-refractivity contribution in [1.29, 1.82) is 0 Å². The molecule has 0 spiro atoms. The van der Waals surface area contributed by atoms with Crippen LogP contribution < -0.4 is 5.73 Å². The predicted molar refractivity (Wildman–Crippen MR) is 114 cm³/mol. The molecular weight excluding hydrogens is 302 g/mol. The lowest BCUT2D eigenvalue weighted by atomic mass is 9.87. The van der Waals surface area contributed by atoms with Gasteiger partial charge in [-0.2, -0.15) is 0 Å². The highest BCUT2D eigenvalue weighted by molar-refractivity contribution is 5.48. The smallest absolute Gasteiger partial charge is 0.0349 e. The van der Waals surface area contributed by atoms with Crippen molar-refractivity contribution < 1.29 is 0 Å². The summed E-state index contributed by atoms with van der Waals surface area (Å²) in [6.07, 6.45) is 20.8. The third-order valence-corrected chi connectivity index (χ3v) is 5.50. The van der Waals surface area contributed by atoms with Crippen molar-refractivity contribution in [2.24, 2.45) is 0 Å². The number of nitrogens with two attached hydrogens (primary N) is 1. The molecule has 0 bridgehead atoms. The van der Waals surface area contributed by atoms with Crippen molar-refractivity contribution in [1.82, 2.24) is 0 Å². The van der Waals surface area contributed by atoms with Crippen LogP contribution in [0.1, 0.15) is 122 Å². The molecule has 1 atom stereocenters. The fourth-order valence-corrected chi connectivity index (χ4v) is 3.86. The Morgan fingerprint density at radius 2 is 1.08 bits per heavy atom. The molecule has 0 heterocycles. The molecule has 0 fully saturated rings. The quantitative estimate of drug-likeness (QED) is 0.237. The fourth-order valence-electron chi connectivity index (χ4n) is 3.86. The lowest BCUT2D eigenvalue weighted by Gasteiger charge is -2.19. The third kappa shape index (κ3) is 10.6. The SMILES string of the molecule is CCCCCCCCCCCCC(CCCCC)c1ccccc1N. The average Bonchev–Trinajstić information content (AvgIpc) is 2.62. The van der Waals surface area contributed by atoms with E-state index in [4.69, 9.17) is 5.73 Å². The minimum atomic E-state index is 0.668. The van der Waals surface area contributed by atoms with Gasteiger partial charge in [-0.05, 0) is 30.4 Å². The van der Waals surface area contributed by atoms with E-state index in [0.29, 0.717) is 5.92 Å². The summed E-state index contributed by atoms with van der Waals surface area (Å²) in [6.45, 7) is 4.58. The maximum absolute atomic E-state index is 6.25. The summed E-state index contributed by atoms with van der Waals surface area (Å²) in [6, 6.07) is 8.53. The maximum atomic E-state index is 6.25. The molecule has 1 aromatic rings. The number of hydrogen-bond donors (Lipinski definition) is 1. The van der Waals surface area contributed by atoms with Gasteiger partial charge in [-0.25, -0.2) is 0 Å². The molecule has 2 N–H and O–H groups in total. The zero-order chi connectivity index (χ0) is 18.2. The molecule has 0 saturated heterocycles. The number of unbranched alkanes of at least 4 members (excludes halogenated alkanes) is 11. The summed E-state index contributed by atoms with van der Waals surface area (Å²) in [5.74, 6) is 0.668. The Hall–Kier alpha value is -0.980. The number of hydrogen-bond acceptors (Lipinski definition) is 1. The minimum Gasteiger partial charge on any atom is -0.398 e. The summed E-state index contributed by atoms with van der Waals surface area (Å²) in [7, 11) is 0. The molecule has 0 aromatic heterocycles. The van der Waals surface area contributed by atoms with E-state index in [1.165, 1.54) is 102 Å². The molecule has 0 saturated carbocycles. The number of benzene rings is 1. The van der Waals surface area contributed by atoms with E-state index < -0.39 is 0 Å². The standard InChI is InChI=1S/C24H43N/c1-3-5-7-8-9-10-11-12-13-15-19-22(18-14-6-4-2)23-20-16-17-21-24(23)25/h16-17,20-22H,3-15,18-19,25H2,1-2H3. The maximum Gasteiger partial charge on any atom is 0.0349 e. The lowest BCUT2D eigenvalue weighted by molar-refractivity contribution is 0.492. The highest BCUT2D eigenvalue weighted by Gasteiger charge is 2.13. The summed E-state index contributed by atoms with van der Waals surface area (Å²) in [5.41, 5.74) is 8.64. The Balaban J connectivity index is 2.21. The molecule has 0 radical (unpaired) electrons. The monoisotopic (exact) mass is 345 g/mol. The Morgan fingerprint density at radius 1 is 0.640 bits per heavy atom. The number of rotatable bonds is 16. The van der Waals surface area contributed by atoms with E-state index in [0.717, 1.165) is 5.69 Å². The first-order valence-corrected chi connectivity index (χ1v) is 11.1. The van der Waals surface area contributed by atoms with Crippen LogP contribution in [0.5, 0.6) is 0 Å². The molecule has 1 rings (SSSR count). The first-order valence-electron chi connectivity index (χ1n) is 11.1. The molecule has 1 aromatic carbocycles. The predicted octanol–water partition coefficient (Wildman–Crippen LogP) is 8.24. The van der Waals surface area contributed by atoms with E-state index in [-0.39, 0.29) is 0 Å². The second-order valence-electron chi connectivity index (χ2n) is 7.79. The zero-order valence-electron chi connectivity index (χ0n) is 17.1. The van der Waals surface area contributed by atoms with Crippen molar-refractivity contribution in [3.63, 3.8) is 0 Å². The Kier molecular flexibility index (Phi) is 13.5. The van der Waals surface area contributed by atoms with Crippen molar-refractivity contribution >= 4 is 5.69 Å². The second-order valence-corrected chi connectivity index (χ2v) is 7.79. The lowest BCUT2D eigenvalue weighted by Crippen LogP contribution is -2.03. The average molecular weight is 346 g/mol. The number of nitrogen functional groups attached to an aromatic ring is 1. The van der Waals surface area contributed by atoms with Gasteiger partial charge in [0.25, 0.3) is 0 Å². The van der Waals surface area contributed by atoms with Gasteiger partial charge >= 0.3 is 0 Å². The van der Waals surface area contributed by atoms with Gasteiger partial charge in [-0.3, -0.25) is 0 Å². The summed E-state index contributed by atoms with van der Waals surface area (Å²) >= 11 is 0. The highest BCUT2D eigenvalue weighted by atomic mass is 14.6. The summed E-state index contributed by atoms with van der Waals surface area (Å²) < 4.78 is 0. The van der Waals surface area contributed by atoms with Crippen LogP contribution in [0.2, 0.25) is 0 Å². The van der Waals surface area contributed by atoms with Crippen LogP contribution in [0.4, 0.5) is 5.69 Å². The Bertz CT molecular complexity index is 412. The van der Waals surface area contributed by atoms with E-state index in [9.17, 15) is 0 Å². The minimum absolute atomic E-state index is 0.668.